The minimum atomic E-state index is -0.676. The minimum Gasteiger partial charge on any atom is -0.322 e. The second-order valence-corrected chi connectivity index (χ2v) is 12.1. The molecule has 214 valence electrons. The summed E-state index contributed by atoms with van der Waals surface area (Å²) < 4.78 is 14.7. The third kappa shape index (κ3) is 7.07. The summed E-state index contributed by atoms with van der Waals surface area (Å²) in [6.45, 7) is 4.48. The van der Waals surface area contributed by atoms with Crippen molar-refractivity contribution < 1.29 is 18.8 Å². The van der Waals surface area contributed by atoms with Gasteiger partial charge in [-0.25, -0.2) is 4.39 Å². The summed E-state index contributed by atoms with van der Waals surface area (Å²) in [7, 11) is 0. The molecule has 39 heavy (non-hydrogen) atoms. The van der Waals surface area contributed by atoms with Crippen molar-refractivity contribution in [2.75, 3.05) is 26.2 Å². The number of hydrogen-bond donors (Lipinski definition) is 2. The fourth-order valence-corrected chi connectivity index (χ4v) is 7.13. The van der Waals surface area contributed by atoms with Crippen LogP contribution in [-0.4, -0.2) is 65.8 Å². The third-order valence-electron chi connectivity index (χ3n) is 9.29. The van der Waals surface area contributed by atoms with Gasteiger partial charge in [-0.15, -0.1) is 0 Å². The molecule has 0 bridgehead atoms. The Morgan fingerprint density at radius 3 is 2.54 bits per heavy atom. The molecule has 3 amide bonds. The van der Waals surface area contributed by atoms with Crippen LogP contribution in [0.5, 0.6) is 0 Å². The number of imide groups is 1. The highest BCUT2D eigenvalue weighted by atomic mass is 19.1. The highest BCUT2D eigenvalue weighted by Crippen LogP contribution is 2.37. The molecule has 2 saturated heterocycles. The highest BCUT2D eigenvalue weighted by Gasteiger charge is 2.41. The molecular weight excluding hydrogens is 495 g/mol. The summed E-state index contributed by atoms with van der Waals surface area (Å²) in [5, 5.41) is 6.09. The zero-order valence-corrected chi connectivity index (χ0v) is 23.3. The van der Waals surface area contributed by atoms with Crippen molar-refractivity contribution in [3.05, 3.63) is 34.6 Å². The number of carbonyl (C=O) groups excluding carboxylic acids is 3. The summed E-state index contributed by atoms with van der Waals surface area (Å²) in [5.41, 5.74) is 2.16. The lowest BCUT2D eigenvalue weighted by Crippen LogP contribution is -2.52. The van der Waals surface area contributed by atoms with E-state index in [1.54, 1.807) is 6.07 Å². The molecule has 2 unspecified atom stereocenters. The maximum Gasteiger partial charge on any atom is 0.255 e. The van der Waals surface area contributed by atoms with Crippen molar-refractivity contribution in [2.45, 2.75) is 114 Å². The molecule has 1 aromatic rings. The molecular formula is C31H45FN4O3. The molecule has 7 nitrogen and oxygen atoms in total. The van der Waals surface area contributed by atoms with Crippen molar-refractivity contribution in [2.24, 2.45) is 0 Å². The Labute approximate surface area is 232 Å². The number of halogens is 1. The molecule has 0 spiro atoms. The van der Waals surface area contributed by atoms with Gasteiger partial charge in [0, 0.05) is 31.1 Å². The Bertz CT molecular complexity index is 1040. The summed E-state index contributed by atoms with van der Waals surface area (Å²) in [6, 6.07) is 3.00. The molecule has 1 aliphatic carbocycles. The number of unbranched alkanes of at least 4 members (excludes halogenated alkanes) is 4. The zero-order chi connectivity index (χ0) is 27.2. The Morgan fingerprint density at radius 1 is 0.923 bits per heavy atom. The molecule has 4 aliphatic rings. The van der Waals surface area contributed by atoms with Crippen LogP contribution in [0.4, 0.5) is 4.39 Å². The van der Waals surface area contributed by atoms with E-state index < -0.39 is 17.8 Å². The molecule has 1 saturated carbocycles. The average Bonchev–Trinajstić information content (AvgIpc) is 3.26. The van der Waals surface area contributed by atoms with Gasteiger partial charge in [0.1, 0.15) is 11.9 Å². The van der Waals surface area contributed by atoms with Gasteiger partial charge in [-0.2, -0.15) is 0 Å². The van der Waals surface area contributed by atoms with E-state index in [4.69, 9.17) is 0 Å². The Balaban J connectivity index is 1.09. The van der Waals surface area contributed by atoms with Crippen LogP contribution >= 0.6 is 0 Å². The fraction of sp³-hybridized carbons (Fsp3) is 0.710. The maximum atomic E-state index is 14.7. The van der Waals surface area contributed by atoms with E-state index >= 15 is 0 Å². The van der Waals surface area contributed by atoms with Crippen LogP contribution in [-0.2, 0) is 16.1 Å². The van der Waals surface area contributed by atoms with E-state index in [1.165, 1.54) is 75.2 Å². The van der Waals surface area contributed by atoms with Gasteiger partial charge in [-0.3, -0.25) is 19.7 Å². The number of benzene rings is 1. The van der Waals surface area contributed by atoms with Crippen LogP contribution in [0.3, 0.4) is 0 Å². The first-order chi connectivity index (χ1) is 19.0. The van der Waals surface area contributed by atoms with E-state index in [0.717, 1.165) is 56.2 Å². The lowest BCUT2D eigenvalue weighted by Gasteiger charge is -2.34. The van der Waals surface area contributed by atoms with Crippen molar-refractivity contribution in [1.82, 2.24) is 20.4 Å². The predicted octanol–water partition coefficient (Wildman–Crippen LogP) is 4.64. The van der Waals surface area contributed by atoms with Crippen molar-refractivity contribution in [1.29, 1.82) is 0 Å². The molecule has 3 heterocycles. The number of piperidine rings is 2. The molecule has 0 aromatic heterocycles. The predicted molar refractivity (Wildman–Crippen MR) is 149 cm³/mol. The van der Waals surface area contributed by atoms with Crippen LogP contribution in [0.25, 0.3) is 0 Å². The zero-order valence-electron chi connectivity index (χ0n) is 23.3. The first-order valence-electron chi connectivity index (χ1n) is 15.4. The maximum absolute atomic E-state index is 14.7. The molecule has 8 heteroatoms. The molecule has 2 N–H and O–H groups in total. The van der Waals surface area contributed by atoms with Gasteiger partial charge in [-0.05, 0) is 93.8 Å². The average molecular weight is 541 g/mol. The fourth-order valence-electron chi connectivity index (χ4n) is 7.13. The smallest absolute Gasteiger partial charge is 0.255 e. The molecule has 1 aromatic carbocycles. The number of nitrogens with zero attached hydrogens (tertiary/aromatic N) is 2. The van der Waals surface area contributed by atoms with Crippen LogP contribution in [0.1, 0.15) is 117 Å². The lowest BCUT2D eigenvalue weighted by molar-refractivity contribution is -0.136. The van der Waals surface area contributed by atoms with Crippen molar-refractivity contribution in [3.63, 3.8) is 0 Å². The lowest BCUT2D eigenvalue weighted by atomic mass is 9.86. The monoisotopic (exact) mass is 540 g/mol. The summed E-state index contributed by atoms with van der Waals surface area (Å²) >= 11 is 0. The van der Waals surface area contributed by atoms with Gasteiger partial charge in [0.05, 0.1) is 0 Å². The van der Waals surface area contributed by atoms with Crippen LogP contribution in [0.2, 0.25) is 0 Å². The number of nitrogens with one attached hydrogen (secondary N) is 2. The Kier molecular flexibility index (Phi) is 9.66. The Morgan fingerprint density at radius 2 is 1.72 bits per heavy atom. The van der Waals surface area contributed by atoms with E-state index in [1.807, 2.05) is 0 Å². The van der Waals surface area contributed by atoms with Gasteiger partial charge in [-0.1, -0.05) is 38.5 Å². The summed E-state index contributed by atoms with van der Waals surface area (Å²) in [6.07, 6.45) is 15.7. The summed E-state index contributed by atoms with van der Waals surface area (Å²) in [4.78, 5) is 41.3. The van der Waals surface area contributed by atoms with Crippen molar-refractivity contribution in [3.8, 4) is 0 Å². The number of rotatable bonds is 11. The molecule has 0 radical (unpaired) electrons. The first kappa shape index (κ1) is 28.2. The number of likely N-dealkylation sites (tertiary alicyclic amines) is 1. The minimum absolute atomic E-state index is 0.184. The molecule has 2 atom stereocenters. The van der Waals surface area contributed by atoms with E-state index in [-0.39, 0.29) is 24.2 Å². The molecule has 5 rings (SSSR count). The van der Waals surface area contributed by atoms with Gasteiger partial charge < -0.3 is 15.1 Å². The summed E-state index contributed by atoms with van der Waals surface area (Å²) in [5.74, 6) is -1.25. The second-order valence-electron chi connectivity index (χ2n) is 12.1. The van der Waals surface area contributed by atoms with Gasteiger partial charge in [0.25, 0.3) is 5.91 Å². The normalized spacial score (nSPS) is 24.7. The number of fused-ring (bicyclic) bond motifs is 1. The molecule has 3 fully saturated rings. The highest BCUT2D eigenvalue weighted by molar-refractivity contribution is 6.05. The SMILES string of the molecule is O=C1CCC(N2Cc3c(cc(F)cc3C3CCCN(CCCCCCCNC4CCCCC4)C3)C2=O)C(=O)N1. The van der Waals surface area contributed by atoms with Crippen LogP contribution in [0.15, 0.2) is 12.1 Å². The quantitative estimate of drug-likeness (QED) is 0.316. The third-order valence-corrected chi connectivity index (χ3v) is 9.29. The van der Waals surface area contributed by atoms with E-state index in [2.05, 4.69) is 15.5 Å². The number of hydrogen-bond acceptors (Lipinski definition) is 5. The molecule has 3 aliphatic heterocycles. The van der Waals surface area contributed by atoms with E-state index in [9.17, 15) is 18.8 Å². The number of carbonyl (C=O) groups is 3. The van der Waals surface area contributed by atoms with E-state index in [0.29, 0.717) is 18.5 Å². The second kappa shape index (κ2) is 13.4. The Hall–Kier alpha value is -2.32. The first-order valence-corrected chi connectivity index (χ1v) is 15.4. The van der Waals surface area contributed by atoms with Crippen molar-refractivity contribution >= 4 is 17.7 Å². The van der Waals surface area contributed by atoms with Gasteiger partial charge >= 0.3 is 0 Å². The number of amides is 3. The van der Waals surface area contributed by atoms with Crippen LogP contribution in [0, 0.1) is 5.82 Å². The van der Waals surface area contributed by atoms with Crippen LogP contribution < -0.4 is 10.6 Å². The van der Waals surface area contributed by atoms with Gasteiger partial charge in [0.15, 0.2) is 0 Å². The topological polar surface area (TPSA) is 81.8 Å². The standard InChI is InChI=1S/C31H45FN4O3/c32-23-18-25(27-21-36(31(39)26(27)19-23)28-13-14-29(37)34-30(28)38)22-10-9-17-35(20-22)16-8-3-1-2-7-15-33-24-11-5-4-6-12-24/h18-19,22,24,28,33H,1-17,20-21H2,(H,34,37,38). The van der Waals surface area contributed by atoms with Gasteiger partial charge in [0.2, 0.25) is 11.8 Å². The largest absolute Gasteiger partial charge is 0.322 e.